The van der Waals surface area contributed by atoms with E-state index in [-0.39, 0.29) is 11.6 Å². The third kappa shape index (κ3) is 2.01. The van der Waals surface area contributed by atoms with Crippen molar-refractivity contribution in [2.75, 3.05) is 0 Å². The van der Waals surface area contributed by atoms with Crippen molar-refractivity contribution in [3.05, 3.63) is 53.9 Å². The van der Waals surface area contributed by atoms with Crippen LogP contribution in [0.25, 0.3) is 11.0 Å². The van der Waals surface area contributed by atoms with Crippen molar-refractivity contribution < 1.29 is 9.90 Å². The van der Waals surface area contributed by atoms with Crippen LogP contribution < -0.4 is 0 Å². The monoisotopic (exact) mass is 268 g/mol. The molecule has 0 aliphatic heterocycles. The summed E-state index contributed by atoms with van der Waals surface area (Å²) in [6.07, 6.45) is 3.50. The summed E-state index contributed by atoms with van der Waals surface area (Å²) in [7, 11) is 0. The minimum absolute atomic E-state index is 0.0237. The smallest absolute Gasteiger partial charge is 0.335 e. The minimum Gasteiger partial charge on any atom is -0.478 e. The average Bonchev–Trinajstić information content (AvgIpc) is 2.90. The lowest BCUT2D eigenvalue weighted by atomic mass is 10.1. The predicted octanol–water partition coefficient (Wildman–Crippen LogP) is 2.13. The molecular formula is C14H12N4O2. The maximum absolute atomic E-state index is 10.9. The standard InChI is InChI=1S/C14H12N4O2/c1-9(11-3-2-6-15-8-11)18-13-5-4-10(14(19)20)7-12(13)16-17-18/h2-9H,1H3,(H,19,20). The van der Waals surface area contributed by atoms with Crippen LogP contribution in [0.2, 0.25) is 0 Å². The van der Waals surface area contributed by atoms with E-state index in [4.69, 9.17) is 5.11 Å². The molecule has 0 radical (unpaired) electrons. The summed E-state index contributed by atoms with van der Waals surface area (Å²) in [5.41, 5.74) is 2.59. The van der Waals surface area contributed by atoms with Crippen LogP contribution in [0.1, 0.15) is 28.9 Å². The van der Waals surface area contributed by atoms with Crippen LogP contribution in [-0.2, 0) is 0 Å². The molecule has 6 heteroatoms. The summed E-state index contributed by atoms with van der Waals surface area (Å²) in [5, 5.41) is 17.1. The summed E-state index contributed by atoms with van der Waals surface area (Å²) in [4.78, 5) is 15.0. The highest BCUT2D eigenvalue weighted by molar-refractivity contribution is 5.92. The maximum Gasteiger partial charge on any atom is 0.335 e. The molecule has 1 atom stereocenters. The van der Waals surface area contributed by atoms with Gasteiger partial charge >= 0.3 is 5.97 Å². The predicted molar refractivity (Wildman–Crippen MR) is 72.5 cm³/mol. The van der Waals surface area contributed by atoms with Gasteiger partial charge < -0.3 is 5.11 Å². The minimum atomic E-state index is -0.971. The van der Waals surface area contributed by atoms with E-state index in [0.717, 1.165) is 11.1 Å². The number of carboxylic acids is 1. The van der Waals surface area contributed by atoms with Crippen molar-refractivity contribution in [3.63, 3.8) is 0 Å². The zero-order chi connectivity index (χ0) is 14.1. The van der Waals surface area contributed by atoms with Crippen LogP contribution in [-0.4, -0.2) is 31.1 Å². The van der Waals surface area contributed by atoms with Crippen molar-refractivity contribution in [1.29, 1.82) is 0 Å². The van der Waals surface area contributed by atoms with E-state index in [9.17, 15) is 4.79 Å². The molecule has 0 amide bonds. The van der Waals surface area contributed by atoms with E-state index in [1.807, 2.05) is 19.1 Å². The van der Waals surface area contributed by atoms with Crippen LogP contribution in [0.5, 0.6) is 0 Å². The normalized spacial score (nSPS) is 12.4. The van der Waals surface area contributed by atoms with Gasteiger partial charge in [0.15, 0.2) is 0 Å². The Morgan fingerprint density at radius 1 is 1.35 bits per heavy atom. The van der Waals surface area contributed by atoms with Gasteiger partial charge in [-0.1, -0.05) is 11.3 Å². The van der Waals surface area contributed by atoms with Gasteiger partial charge in [-0.2, -0.15) is 0 Å². The Labute approximate surface area is 114 Å². The first-order chi connectivity index (χ1) is 9.66. The topological polar surface area (TPSA) is 80.9 Å². The summed E-state index contributed by atoms with van der Waals surface area (Å²) in [6.45, 7) is 2.00. The number of hydrogen-bond donors (Lipinski definition) is 1. The molecule has 20 heavy (non-hydrogen) atoms. The highest BCUT2D eigenvalue weighted by Gasteiger charge is 2.14. The molecule has 0 fully saturated rings. The molecule has 0 saturated heterocycles. The Bertz CT molecular complexity index is 767. The van der Waals surface area contributed by atoms with Gasteiger partial charge in [0.2, 0.25) is 0 Å². The fourth-order valence-corrected chi connectivity index (χ4v) is 2.13. The number of hydrogen-bond acceptors (Lipinski definition) is 4. The number of fused-ring (bicyclic) bond motifs is 1. The highest BCUT2D eigenvalue weighted by Crippen LogP contribution is 2.21. The molecule has 2 aromatic heterocycles. The summed E-state index contributed by atoms with van der Waals surface area (Å²) < 4.78 is 1.76. The van der Waals surface area contributed by atoms with Crippen LogP contribution in [0, 0.1) is 0 Å². The van der Waals surface area contributed by atoms with E-state index in [1.54, 1.807) is 29.2 Å². The number of rotatable bonds is 3. The molecule has 1 N–H and O–H groups in total. The fourth-order valence-electron chi connectivity index (χ4n) is 2.13. The molecule has 3 rings (SSSR count). The van der Waals surface area contributed by atoms with E-state index >= 15 is 0 Å². The van der Waals surface area contributed by atoms with Crippen molar-refractivity contribution in [2.24, 2.45) is 0 Å². The largest absolute Gasteiger partial charge is 0.478 e. The second-order valence-electron chi connectivity index (χ2n) is 4.50. The Morgan fingerprint density at radius 3 is 2.90 bits per heavy atom. The number of aromatic carboxylic acids is 1. The summed E-state index contributed by atoms with van der Waals surface area (Å²) in [5.74, 6) is -0.971. The molecular weight excluding hydrogens is 256 g/mol. The molecule has 0 aliphatic rings. The third-order valence-electron chi connectivity index (χ3n) is 3.25. The lowest BCUT2D eigenvalue weighted by molar-refractivity contribution is 0.0697. The number of benzene rings is 1. The number of nitrogens with zero attached hydrogens (tertiary/aromatic N) is 4. The van der Waals surface area contributed by atoms with Gasteiger partial charge in [-0.05, 0) is 36.8 Å². The first kappa shape index (κ1) is 12.3. The van der Waals surface area contributed by atoms with Gasteiger partial charge in [0.05, 0.1) is 17.1 Å². The van der Waals surface area contributed by atoms with Gasteiger partial charge in [-0.25, -0.2) is 9.48 Å². The maximum atomic E-state index is 10.9. The van der Waals surface area contributed by atoms with Crippen molar-refractivity contribution in [1.82, 2.24) is 20.0 Å². The van der Waals surface area contributed by atoms with Gasteiger partial charge in [0.1, 0.15) is 5.52 Å². The first-order valence-electron chi connectivity index (χ1n) is 6.15. The molecule has 100 valence electrons. The lowest BCUT2D eigenvalue weighted by Crippen LogP contribution is -2.08. The van der Waals surface area contributed by atoms with Crippen LogP contribution in [0.15, 0.2) is 42.7 Å². The van der Waals surface area contributed by atoms with Crippen LogP contribution in [0.3, 0.4) is 0 Å². The Hall–Kier alpha value is -2.76. The van der Waals surface area contributed by atoms with E-state index in [0.29, 0.717) is 5.52 Å². The first-order valence-corrected chi connectivity index (χ1v) is 6.15. The zero-order valence-corrected chi connectivity index (χ0v) is 10.8. The summed E-state index contributed by atoms with van der Waals surface area (Å²) >= 11 is 0. The van der Waals surface area contributed by atoms with Gasteiger partial charge in [-0.3, -0.25) is 4.98 Å². The number of aromatic nitrogens is 4. The Kier molecular flexibility index (Phi) is 2.90. The van der Waals surface area contributed by atoms with Crippen molar-refractivity contribution in [3.8, 4) is 0 Å². The van der Waals surface area contributed by atoms with E-state index < -0.39 is 5.97 Å². The van der Waals surface area contributed by atoms with Gasteiger partial charge in [0.25, 0.3) is 0 Å². The highest BCUT2D eigenvalue weighted by atomic mass is 16.4. The third-order valence-corrected chi connectivity index (χ3v) is 3.25. The molecule has 0 aliphatic carbocycles. The molecule has 1 unspecified atom stereocenters. The van der Waals surface area contributed by atoms with E-state index in [1.165, 1.54) is 6.07 Å². The quantitative estimate of drug-likeness (QED) is 0.787. The molecule has 6 nitrogen and oxygen atoms in total. The summed E-state index contributed by atoms with van der Waals surface area (Å²) in [6, 6.07) is 8.62. The molecule has 0 spiro atoms. The van der Waals surface area contributed by atoms with E-state index in [2.05, 4.69) is 15.3 Å². The number of carboxylic acid groups (broad SMARTS) is 1. The molecule has 3 aromatic rings. The average molecular weight is 268 g/mol. The van der Waals surface area contributed by atoms with Gasteiger partial charge in [0, 0.05) is 12.4 Å². The fraction of sp³-hybridized carbons (Fsp3) is 0.143. The Morgan fingerprint density at radius 2 is 2.20 bits per heavy atom. The molecule has 0 saturated carbocycles. The van der Waals surface area contributed by atoms with Crippen LogP contribution in [0.4, 0.5) is 0 Å². The van der Waals surface area contributed by atoms with Crippen molar-refractivity contribution in [2.45, 2.75) is 13.0 Å². The molecule has 0 bridgehead atoms. The molecule has 2 heterocycles. The zero-order valence-electron chi connectivity index (χ0n) is 10.8. The van der Waals surface area contributed by atoms with Crippen LogP contribution >= 0.6 is 0 Å². The second kappa shape index (κ2) is 4.73. The SMILES string of the molecule is CC(c1cccnc1)n1nnc2cc(C(=O)O)ccc21. The number of pyridine rings is 1. The molecule has 1 aromatic carbocycles. The lowest BCUT2D eigenvalue weighted by Gasteiger charge is -2.12. The van der Waals surface area contributed by atoms with Gasteiger partial charge in [-0.15, -0.1) is 5.10 Å². The number of carbonyl (C=O) groups is 1. The van der Waals surface area contributed by atoms with Crippen molar-refractivity contribution >= 4 is 17.0 Å². The Balaban J connectivity index is 2.07. The second-order valence-corrected chi connectivity index (χ2v) is 4.50.